The lowest BCUT2D eigenvalue weighted by Crippen LogP contribution is -2.46. The van der Waals surface area contributed by atoms with E-state index in [0.717, 1.165) is 16.7 Å². The SMILES string of the molecule is CC(N)C(OCc1cccc(C#N)c1)(c1ccccc1)c1ccccc1. The third-order valence-corrected chi connectivity index (χ3v) is 4.57. The van der Waals surface area contributed by atoms with Gasteiger partial charge in [-0.2, -0.15) is 5.26 Å². The summed E-state index contributed by atoms with van der Waals surface area (Å²) in [6.45, 7) is 2.33. The second-order valence-corrected chi connectivity index (χ2v) is 6.36. The van der Waals surface area contributed by atoms with E-state index < -0.39 is 5.60 Å². The fraction of sp³-hybridized carbons (Fsp3) is 0.174. The molecule has 130 valence electrons. The first-order valence-corrected chi connectivity index (χ1v) is 8.66. The number of hydrogen-bond acceptors (Lipinski definition) is 3. The minimum absolute atomic E-state index is 0.272. The summed E-state index contributed by atoms with van der Waals surface area (Å²) in [7, 11) is 0. The zero-order valence-electron chi connectivity index (χ0n) is 14.8. The third kappa shape index (κ3) is 3.52. The van der Waals surface area contributed by atoms with Crippen molar-refractivity contribution < 1.29 is 4.74 Å². The van der Waals surface area contributed by atoms with Gasteiger partial charge < -0.3 is 10.5 Å². The Morgan fingerprint density at radius 2 is 1.50 bits per heavy atom. The Morgan fingerprint density at radius 1 is 0.923 bits per heavy atom. The standard InChI is InChI=1S/C23H22N2O/c1-18(25)23(21-11-4-2-5-12-21,22-13-6-3-7-14-22)26-17-20-10-8-9-19(15-20)16-24/h2-15,18H,17,25H2,1H3. The lowest BCUT2D eigenvalue weighted by atomic mass is 9.81. The molecule has 0 aromatic heterocycles. The molecule has 0 fully saturated rings. The topological polar surface area (TPSA) is 59.0 Å². The Kier molecular flexibility index (Phi) is 5.48. The van der Waals surface area contributed by atoms with Gasteiger partial charge in [0.2, 0.25) is 0 Å². The molecule has 3 rings (SSSR count). The van der Waals surface area contributed by atoms with E-state index in [1.807, 2.05) is 85.8 Å². The summed E-state index contributed by atoms with van der Waals surface area (Å²) in [5, 5.41) is 9.12. The number of ether oxygens (including phenoxy) is 1. The normalized spacial score (nSPS) is 12.3. The maximum atomic E-state index is 9.12. The van der Waals surface area contributed by atoms with Crippen molar-refractivity contribution in [3.63, 3.8) is 0 Å². The van der Waals surface area contributed by atoms with Crippen LogP contribution in [0.5, 0.6) is 0 Å². The Balaban J connectivity index is 2.04. The van der Waals surface area contributed by atoms with Gasteiger partial charge in [0, 0.05) is 6.04 Å². The number of rotatable bonds is 6. The highest BCUT2D eigenvalue weighted by atomic mass is 16.5. The van der Waals surface area contributed by atoms with Crippen LogP contribution in [0.15, 0.2) is 84.9 Å². The molecule has 3 heteroatoms. The van der Waals surface area contributed by atoms with Crippen molar-refractivity contribution in [2.24, 2.45) is 5.73 Å². The Labute approximate surface area is 154 Å². The molecule has 0 aliphatic carbocycles. The van der Waals surface area contributed by atoms with E-state index >= 15 is 0 Å². The van der Waals surface area contributed by atoms with Gasteiger partial charge in [0.25, 0.3) is 0 Å². The first-order valence-electron chi connectivity index (χ1n) is 8.66. The van der Waals surface area contributed by atoms with E-state index in [2.05, 4.69) is 6.07 Å². The molecule has 26 heavy (non-hydrogen) atoms. The van der Waals surface area contributed by atoms with Crippen LogP contribution in [0.4, 0.5) is 0 Å². The maximum absolute atomic E-state index is 9.12. The predicted octanol–water partition coefficient (Wildman–Crippen LogP) is 4.37. The van der Waals surface area contributed by atoms with Crippen LogP contribution >= 0.6 is 0 Å². The van der Waals surface area contributed by atoms with Crippen molar-refractivity contribution in [3.8, 4) is 6.07 Å². The highest BCUT2D eigenvalue weighted by Gasteiger charge is 2.39. The van der Waals surface area contributed by atoms with Gasteiger partial charge in [-0.3, -0.25) is 0 Å². The summed E-state index contributed by atoms with van der Waals surface area (Å²) < 4.78 is 6.51. The number of nitriles is 1. The van der Waals surface area contributed by atoms with E-state index in [-0.39, 0.29) is 6.04 Å². The minimum atomic E-state index is -0.773. The highest BCUT2D eigenvalue weighted by molar-refractivity contribution is 5.39. The molecule has 0 spiro atoms. The maximum Gasteiger partial charge on any atom is 0.133 e. The lowest BCUT2D eigenvalue weighted by Gasteiger charge is -2.38. The van der Waals surface area contributed by atoms with Gasteiger partial charge in [-0.1, -0.05) is 72.8 Å². The zero-order valence-corrected chi connectivity index (χ0v) is 14.8. The summed E-state index contributed by atoms with van der Waals surface area (Å²) in [6, 6.07) is 29.5. The van der Waals surface area contributed by atoms with Crippen LogP contribution < -0.4 is 5.73 Å². The average Bonchev–Trinajstić information content (AvgIpc) is 2.70. The molecule has 3 nitrogen and oxygen atoms in total. The van der Waals surface area contributed by atoms with E-state index in [1.165, 1.54) is 0 Å². The monoisotopic (exact) mass is 342 g/mol. The Hall–Kier alpha value is -2.93. The molecule has 0 aliphatic rings. The molecule has 1 atom stereocenters. The van der Waals surface area contributed by atoms with Crippen LogP contribution in [0.3, 0.4) is 0 Å². The molecule has 0 aliphatic heterocycles. The summed E-state index contributed by atoms with van der Waals surface area (Å²) in [5.41, 5.74) is 9.30. The molecule has 1 unspecified atom stereocenters. The average molecular weight is 342 g/mol. The van der Waals surface area contributed by atoms with Crippen LogP contribution in [0.25, 0.3) is 0 Å². The van der Waals surface area contributed by atoms with Gasteiger partial charge in [-0.15, -0.1) is 0 Å². The summed E-state index contributed by atoms with van der Waals surface area (Å²) in [5.74, 6) is 0. The summed E-state index contributed by atoms with van der Waals surface area (Å²) in [6.07, 6.45) is 0. The molecule has 0 bridgehead atoms. The van der Waals surface area contributed by atoms with Crippen molar-refractivity contribution >= 4 is 0 Å². The first kappa shape index (κ1) is 17.9. The Morgan fingerprint density at radius 3 is 2.00 bits per heavy atom. The molecular weight excluding hydrogens is 320 g/mol. The van der Waals surface area contributed by atoms with Gasteiger partial charge in [-0.05, 0) is 35.7 Å². The molecule has 2 N–H and O–H groups in total. The molecule has 0 heterocycles. The van der Waals surface area contributed by atoms with Crippen molar-refractivity contribution in [1.82, 2.24) is 0 Å². The van der Waals surface area contributed by atoms with Crippen LogP contribution in [-0.2, 0) is 16.9 Å². The van der Waals surface area contributed by atoms with Crippen LogP contribution in [-0.4, -0.2) is 6.04 Å². The third-order valence-electron chi connectivity index (χ3n) is 4.57. The molecule has 0 amide bonds. The second kappa shape index (κ2) is 7.97. The van der Waals surface area contributed by atoms with Crippen LogP contribution in [0, 0.1) is 11.3 Å². The molecule has 0 saturated carbocycles. The number of nitrogens with two attached hydrogens (primary N) is 1. The molecule has 0 saturated heterocycles. The van der Waals surface area contributed by atoms with E-state index in [0.29, 0.717) is 12.2 Å². The first-order chi connectivity index (χ1) is 12.7. The largest absolute Gasteiger partial charge is 0.359 e. The summed E-state index contributed by atoms with van der Waals surface area (Å²) >= 11 is 0. The van der Waals surface area contributed by atoms with E-state index in [1.54, 1.807) is 6.07 Å². The van der Waals surface area contributed by atoms with E-state index in [9.17, 15) is 0 Å². The van der Waals surface area contributed by atoms with Crippen molar-refractivity contribution in [3.05, 3.63) is 107 Å². The molecular formula is C23H22N2O. The van der Waals surface area contributed by atoms with Gasteiger partial charge >= 0.3 is 0 Å². The summed E-state index contributed by atoms with van der Waals surface area (Å²) in [4.78, 5) is 0. The fourth-order valence-electron chi connectivity index (χ4n) is 3.29. The lowest BCUT2D eigenvalue weighted by molar-refractivity contribution is -0.0450. The van der Waals surface area contributed by atoms with Crippen LogP contribution in [0.1, 0.15) is 29.2 Å². The number of hydrogen-bond donors (Lipinski definition) is 1. The zero-order chi connectivity index (χ0) is 18.4. The van der Waals surface area contributed by atoms with Crippen LogP contribution in [0.2, 0.25) is 0 Å². The number of nitrogens with zero attached hydrogens (tertiary/aromatic N) is 1. The highest BCUT2D eigenvalue weighted by Crippen LogP contribution is 2.37. The van der Waals surface area contributed by atoms with E-state index in [4.69, 9.17) is 15.7 Å². The smallest absolute Gasteiger partial charge is 0.133 e. The molecule has 3 aromatic rings. The fourth-order valence-corrected chi connectivity index (χ4v) is 3.29. The molecule has 0 radical (unpaired) electrons. The second-order valence-electron chi connectivity index (χ2n) is 6.36. The van der Waals surface area contributed by atoms with Crippen molar-refractivity contribution in [2.75, 3.05) is 0 Å². The quantitative estimate of drug-likeness (QED) is 0.724. The van der Waals surface area contributed by atoms with Crippen molar-refractivity contribution in [2.45, 2.75) is 25.2 Å². The number of benzene rings is 3. The van der Waals surface area contributed by atoms with Gasteiger partial charge in [0.05, 0.1) is 18.2 Å². The minimum Gasteiger partial charge on any atom is -0.359 e. The Bertz CT molecular complexity index is 843. The predicted molar refractivity (Wildman–Crippen MR) is 103 cm³/mol. The molecule has 3 aromatic carbocycles. The van der Waals surface area contributed by atoms with Crippen molar-refractivity contribution in [1.29, 1.82) is 5.26 Å². The van der Waals surface area contributed by atoms with Gasteiger partial charge in [-0.25, -0.2) is 0 Å². The van der Waals surface area contributed by atoms with Gasteiger partial charge in [0.15, 0.2) is 0 Å². The van der Waals surface area contributed by atoms with Gasteiger partial charge in [0.1, 0.15) is 5.60 Å².